The van der Waals surface area contributed by atoms with Crippen molar-refractivity contribution in [3.63, 3.8) is 0 Å². The number of alkyl halides is 1. The molecule has 1 N–H and O–H groups in total. The van der Waals surface area contributed by atoms with E-state index in [1.165, 1.54) is 18.2 Å². The standard InChI is InChI=1S/C14H12BrCl2NO2S/c15-9-14(10-4-2-1-3-5-10)18-21(19,20)11-6-7-12(16)13(17)8-11/h1-8,14,18H,9H2. The first kappa shape index (κ1) is 16.8. The molecule has 0 aromatic heterocycles. The maximum absolute atomic E-state index is 12.4. The lowest BCUT2D eigenvalue weighted by atomic mass is 10.1. The molecular weight excluding hydrogens is 397 g/mol. The fourth-order valence-electron chi connectivity index (χ4n) is 1.77. The minimum Gasteiger partial charge on any atom is -0.207 e. The van der Waals surface area contributed by atoms with Gasteiger partial charge in [0.05, 0.1) is 21.0 Å². The molecule has 112 valence electrons. The summed E-state index contributed by atoms with van der Waals surface area (Å²) >= 11 is 15.0. The Labute approximate surface area is 142 Å². The third-order valence-corrected chi connectivity index (χ3v) is 5.71. The van der Waals surface area contributed by atoms with Gasteiger partial charge in [0.15, 0.2) is 0 Å². The molecule has 0 saturated heterocycles. The molecule has 3 nitrogen and oxygen atoms in total. The molecule has 0 bridgehead atoms. The zero-order valence-corrected chi connectivity index (χ0v) is 14.7. The van der Waals surface area contributed by atoms with Crippen LogP contribution < -0.4 is 4.72 Å². The van der Waals surface area contributed by atoms with Crippen LogP contribution in [0.15, 0.2) is 53.4 Å². The van der Waals surface area contributed by atoms with Gasteiger partial charge in [0.1, 0.15) is 0 Å². The van der Waals surface area contributed by atoms with Crippen LogP contribution in [-0.2, 0) is 10.0 Å². The maximum atomic E-state index is 12.4. The van der Waals surface area contributed by atoms with E-state index >= 15 is 0 Å². The average molecular weight is 409 g/mol. The summed E-state index contributed by atoms with van der Waals surface area (Å²) in [5.74, 6) is 0. The molecule has 0 aliphatic rings. The van der Waals surface area contributed by atoms with Crippen molar-refractivity contribution in [1.82, 2.24) is 4.72 Å². The van der Waals surface area contributed by atoms with Gasteiger partial charge in [-0.25, -0.2) is 13.1 Å². The zero-order chi connectivity index (χ0) is 15.5. The van der Waals surface area contributed by atoms with Crippen molar-refractivity contribution in [3.05, 3.63) is 64.1 Å². The smallest absolute Gasteiger partial charge is 0.207 e. The Hall–Kier alpha value is -0.590. The van der Waals surface area contributed by atoms with Crippen LogP contribution in [0.3, 0.4) is 0 Å². The van der Waals surface area contributed by atoms with Crippen LogP contribution in [0.1, 0.15) is 11.6 Å². The van der Waals surface area contributed by atoms with Crippen molar-refractivity contribution in [3.8, 4) is 0 Å². The third kappa shape index (κ3) is 4.20. The minimum absolute atomic E-state index is 0.0822. The molecule has 0 radical (unpaired) electrons. The van der Waals surface area contributed by atoms with Crippen LogP contribution >= 0.6 is 39.1 Å². The Balaban J connectivity index is 2.29. The molecule has 0 saturated carbocycles. The van der Waals surface area contributed by atoms with Gasteiger partial charge in [0.25, 0.3) is 0 Å². The van der Waals surface area contributed by atoms with E-state index in [9.17, 15) is 8.42 Å². The van der Waals surface area contributed by atoms with Gasteiger partial charge in [0, 0.05) is 5.33 Å². The summed E-state index contributed by atoms with van der Waals surface area (Å²) < 4.78 is 27.5. The Morgan fingerprint density at radius 2 is 1.71 bits per heavy atom. The normalized spacial score (nSPS) is 13.1. The number of rotatable bonds is 5. The average Bonchev–Trinajstić information content (AvgIpc) is 2.48. The van der Waals surface area contributed by atoms with E-state index in [2.05, 4.69) is 20.7 Å². The highest BCUT2D eigenvalue weighted by Crippen LogP contribution is 2.26. The van der Waals surface area contributed by atoms with Gasteiger partial charge in [-0.2, -0.15) is 0 Å². The van der Waals surface area contributed by atoms with Crippen molar-refractivity contribution < 1.29 is 8.42 Å². The van der Waals surface area contributed by atoms with Crippen LogP contribution in [0.25, 0.3) is 0 Å². The lowest BCUT2D eigenvalue weighted by Crippen LogP contribution is -2.29. The van der Waals surface area contributed by atoms with E-state index in [4.69, 9.17) is 23.2 Å². The predicted octanol–water partition coefficient (Wildman–Crippen LogP) is 4.41. The summed E-state index contributed by atoms with van der Waals surface area (Å²) in [4.78, 5) is 0.0822. The van der Waals surface area contributed by atoms with Gasteiger partial charge < -0.3 is 0 Å². The molecule has 2 aromatic carbocycles. The van der Waals surface area contributed by atoms with E-state index in [1.807, 2.05) is 30.3 Å². The largest absolute Gasteiger partial charge is 0.241 e. The molecule has 2 rings (SSSR count). The van der Waals surface area contributed by atoms with E-state index in [-0.39, 0.29) is 16.0 Å². The van der Waals surface area contributed by atoms with Crippen LogP contribution in [-0.4, -0.2) is 13.7 Å². The molecule has 1 unspecified atom stereocenters. The Morgan fingerprint density at radius 1 is 1.05 bits per heavy atom. The van der Waals surface area contributed by atoms with Crippen molar-refractivity contribution >= 4 is 49.2 Å². The number of benzene rings is 2. The van der Waals surface area contributed by atoms with E-state index in [1.54, 1.807) is 0 Å². The Kier molecular flexibility index (Phi) is 5.68. The van der Waals surface area contributed by atoms with Crippen LogP contribution in [0.5, 0.6) is 0 Å². The molecule has 21 heavy (non-hydrogen) atoms. The van der Waals surface area contributed by atoms with E-state index < -0.39 is 10.0 Å². The second-order valence-corrected chi connectivity index (χ2v) is 7.49. The number of hydrogen-bond donors (Lipinski definition) is 1. The van der Waals surface area contributed by atoms with Crippen molar-refractivity contribution in [2.24, 2.45) is 0 Å². The van der Waals surface area contributed by atoms with Crippen LogP contribution in [0.4, 0.5) is 0 Å². The van der Waals surface area contributed by atoms with Crippen molar-refractivity contribution in [1.29, 1.82) is 0 Å². The lowest BCUT2D eigenvalue weighted by Gasteiger charge is -2.17. The summed E-state index contributed by atoms with van der Waals surface area (Å²) in [7, 11) is -3.68. The second kappa shape index (κ2) is 7.11. The highest BCUT2D eigenvalue weighted by atomic mass is 79.9. The molecular formula is C14H12BrCl2NO2S. The van der Waals surface area contributed by atoms with Gasteiger partial charge in [-0.3, -0.25) is 0 Å². The molecule has 2 aromatic rings. The maximum Gasteiger partial charge on any atom is 0.241 e. The second-order valence-electron chi connectivity index (χ2n) is 4.31. The highest BCUT2D eigenvalue weighted by Gasteiger charge is 2.21. The Morgan fingerprint density at radius 3 is 2.29 bits per heavy atom. The number of halogens is 3. The molecule has 0 aliphatic carbocycles. The minimum atomic E-state index is -3.68. The summed E-state index contributed by atoms with van der Waals surface area (Å²) in [6.07, 6.45) is 0. The quantitative estimate of drug-likeness (QED) is 0.744. The molecule has 0 heterocycles. The lowest BCUT2D eigenvalue weighted by molar-refractivity contribution is 0.569. The topological polar surface area (TPSA) is 46.2 Å². The summed E-state index contributed by atoms with van der Waals surface area (Å²) in [5, 5.41) is 0.975. The first-order valence-electron chi connectivity index (χ1n) is 6.02. The molecule has 0 amide bonds. The fourth-order valence-corrected chi connectivity index (χ4v) is 4.14. The predicted molar refractivity (Wildman–Crippen MR) is 89.8 cm³/mol. The molecule has 0 fully saturated rings. The van der Waals surface area contributed by atoms with Crippen molar-refractivity contribution in [2.75, 3.05) is 5.33 Å². The highest BCUT2D eigenvalue weighted by molar-refractivity contribution is 9.09. The first-order chi connectivity index (χ1) is 9.94. The summed E-state index contributed by atoms with van der Waals surface area (Å²) in [6, 6.07) is 13.2. The monoisotopic (exact) mass is 407 g/mol. The van der Waals surface area contributed by atoms with E-state index in [0.717, 1.165) is 5.56 Å². The van der Waals surface area contributed by atoms with Gasteiger partial charge >= 0.3 is 0 Å². The summed E-state index contributed by atoms with van der Waals surface area (Å²) in [5.41, 5.74) is 0.873. The molecule has 0 aliphatic heterocycles. The summed E-state index contributed by atoms with van der Waals surface area (Å²) in [6.45, 7) is 0. The van der Waals surface area contributed by atoms with Gasteiger partial charge in [-0.1, -0.05) is 69.5 Å². The number of sulfonamides is 1. The van der Waals surface area contributed by atoms with Gasteiger partial charge in [-0.15, -0.1) is 0 Å². The zero-order valence-electron chi connectivity index (χ0n) is 10.8. The fraction of sp³-hybridized carbons (Fsp3) is 0.143. The van der Waals surface area contributed by atoms with Crippen LogP contribution in [0.2, 0.25) is 10.0 Å². The molecule has 7 heteroatoms. The first-order valence-corrected chi connectivity index (χ1v) is 9.38. The number of nitrogens with one attached hydrogen (secondary N) is 1. The third-order valence-electron chi connectivity index (χ3n) is 2.86. The molecule has 0 spiro atoms. The van der Waals surface area contributed by atoms with Gasteiger partial charge in [-0.05, 0) is 23.8 Å². The van der Waals surface area contributed by atoms with Crippen LogP contribution in [0, 0.1) is 0 Å². The van der Waals surface area contributed by atoms with Gasteiger partial charge in [0.2, 0.25) is 10.0 Å². The SMILES string of the molecule is O=S(=O)(NC(CBr)c1ccccc1)c1ccc(Cl)c(Cl)c1. The van der Waals surface area contributed by atoms with E-state index in [0.29, 0.717) is 10.4 Å². The van der Waals surface area contributed by atoms with Crippen molar-refractivity contribution in [2.45, 2.75) is 10.9 Å². The Bertz CT molecular complexity index is 723. The molecule has 1 atom stereocenters. The number of hydrogen-bond acceptors (Lipinski definition) is 2.